The van der Waals surface area contributed by atoms with Gasteiger partial charge < -0.3 is 10.7 Å². The Morgan fingerprint density at radius 3 is 2.59 bits per heavy atom. The van der Waals surface area contributed by atoms with E-state index >= 15 is 0 Å². The van der Waals surface area contributed by atoms with E-state index in [1.54, 1.807) is 18.2 Å². The normalized spacial score (nSPS) is 11.1. The molecule has 0 amide bonds. The maximum absolute atomic E-state index is 14.1. The summed E-state index contributed by atoms with van der Waals surface area (Å²) in [7, 11) is 0. The number of nitrogens with zero attached hydrogens (tertiary/aromatic N) is 2. The summed E-state index contributed by atoms with van der Waals surface area (Å²) in [6.07, 6.45) is 0. The van der Waals surface area contributed by atoms with E-state index in [-0.39, 0.29) is 11.6 Å². The summed E-state index contributed by atoms with van der Waals surface area (Å²) in [6.45, 7) is 0. The van der Waals surface area contributed by atoms with Crippen molar-refractivity contribution in [1.82, 2.24) is 20.2 Å². The molecule has 0 unspecified atom stereocenters. The van der Waals surface area contributed by atoms with Gasteiger partial charge in [-0.15, -0.1) is 0 Å². The standard InChI is InChI=1S/C16H12FN5/c17-10-6-2-1-5-9(10)14-13(15(18)22-21-14)16-19-11-7-3-4-8-12(11)20-16/h1-8H,(H,19,20)(H3,18,21,22). The molecule has 0 aliphatic carbocycles. The largest absolute Gasteiger partial charge is 0.382 e. The number of aromatic nitrogens is 4. The minimum absolute atomic E-state index is 0.275. The zero-order valence-electron chi connectivity index (χ0n) is 11.5. The zero-order valence-corrected chi connectivity index (χ0v) is 11.5. The highest BCUT2D eigenvalue weighted by Gasteiger charge is 2.19. The molecule has 4 aromatic rings. The molecule has 0 bridgehead atoms. The van der Waals surface area contributed by atoms with Gasteiger partial charge in [-0.25, -0.2) is 9.37 Å². The molecule has 2 heterocycles. The van der Waals surface area contributed by atoms with Gasteiger partial charge in [-0.3, -0.25) is 5.10 Å². The van der Waals surface area contributed by atoms with Crippen LogP contribution in [0.1, 0.15) is 0 Å². The van der Waals surface area contributed by atoms with Crippen molar-refractivity contribution >= 4 is 16.9 Å². The molecule has 0 aliphatic heterocycles. The van der Waals surface area contributed by atoms with Crippen LogP contribution in [0.3, 0.4) is 0 Å². The number of nitrogen functional groups attached to an aromatic ring is 1. The molecule has 2 aromatic carbocycles. The third-order valence-electron chi connectivity index (χ3n) is 3.56. The van der Waals surface area contributed by atoms with Crippen LogP contribution >= 0.6 is 0 Å². The van der Waals surface area contributed by atoms with Crippen LogP contribution in [0.5, 0.6) is 0 Å². The van der Waals surface area contributed by atoms with E-state index in [9.17, 15) is 4.39 Å². The number of para-hydroxylation sites is 2. The predicted octanol–water partition coefficient (Wildman–Crippen LogP) is 3.34. The number of fused-ring (bicyclic) bond motifs is 1. The van der Waals surface area contributed by atoms with Crippen molar-refractivity contribution < 1.29 is 4.39 Å². The van der Waals surface area contributed by atoms with E-state index in [4.69, 9.17) is 5.73 Å². The number of H-pyrrole nitrogens is 2. The average molecular weight is 293 g/mol. The minimum Gasteiger partial charge on any atom is -0.382 e. The highest BCUT2D eigenvalue weighted by Crippen LogP contribution is 2.34. The van der Waals surface area contributed by atoms with E-state index in [0.29, 0.717) is 22.6 Å². The number of rotatable bonds is 2. The first-order chi connectivity index (χ1) is 10.7. The second-order valence-electron chi connectivity index (χ2n) is 4.94. The Morgan fingerprint density at radius 2 is 1.77 bits per heavy atom. The Hall–Kier alpha value is -3.15. The van der Waals surface area contributed by atoms with Gasteiger partial charge in [0.2, 0.25) is 0 Å². The Labute approximate surface area is 125 Å². The summed E-state index contributed by atoms with van der Waals surface area (Å²) in [4.78, 5) is 7.71. The Balaban J connectivity index is 1.96. The molecular formula is C16H12FN5. The number of aromatic amines is 2. The minimum atomic E-state index is -0.344. The molecule has 4 rings (SSSR count). The molecule has 2 aromatic heterocycles. The van der Waals surface area contributed by atoms with Gasteiger partial charge in [0.05, 0.1) is 22.3 Å². The lowest BCUT2D eigenvalue weighted by Gasteiger charge is -2.03. The smallest absolute Gasteiger partial charge is 0.156 e. The van der Waals surface area contributed by atoms with Crippen molar-refractivity contribution in [2.24, 2.45) is 0 Å². The summed E-state index contributed by atoms with van der Waals surface area (Å²) in [5.41, 5.74) is 9.15. The molecular weight excluding hydrogens is 281 g/mol. The summed E-state index contributed by atoms with van der Waals surface area (Å²) in [6, 6.07) is 14.1. The fourth-order valence-electron chi connectivity index (χ4n) is 2.53. The van der Waals surface area contributed by atoms with Crippen molar-refractivity contribution in [1.29, 1.82) is 0 Å². The van der Waals surface area contributed by atoms with Gasteiger partial charge in [0.25, 0.3) is 0 Å². The number of anilines is 1. The maximum atomic E-state index is 14.1. The molecule has 0 fully saturated rings. The van der Waals surface area contributed by atoms with Crippen LogP contribution in [0.15, 0.2) is 48.5 Å². The molecule has 0 aliphatic rings. The fraction of sp³-hybridized carbons (Fsp3) is 0. The number of halogens is 1. The van der Waals surface area contributed by atoms with Crippen molar-refractivity contribution in [2.75, 3.05) is 5.73 Å². The van der Waals surface area contributed by atoms with Crippen LogP contribution in [-0.4, -0.2) is 20.2 Å². The lowest BCUT2D eigenvalue weighted by molar-refractivity contribution is 0.630. The van der Waals surface area contributed by atoms with E-state index < -0.39 is 0 Å². The molecule has 0 atom stereocenters. The lowest BCUT2D eigenvalue weighted by Crippen LogP contribution is -1.91. The molecule has 5 nitrogen and oxygen atoms in total. The number of imidazole rings is 1. The zero-order chi connectivity index (χ0) is 15.1. The van der Waals surface area contributed by atoms with E-state index in [1.807, 2.05) is 24.3 Å². The number of hydrogen-bond donors (Lipinski definition) is 3. The van der Waals surface area contributed by atoms with E-state index in [2.05, 4.69) is 20.2 Å². The van der Waals surface area contributed by atoms with E-state index in [1.165, 1.54) is 6.07 Å². The van der Waals surface area contributed by atoms with Gasteiger partial charge in [-0.1, -0.05) is 24.3 Å². The molecule has 0 saturated carbocycles. The molecule has 108 valence electrons. The van der Waals surface area contributed by atoms with Crippen LogP contribution < -0.4 is 5.73 Å². The molecule has 4 N–H and O–H groups in total. The third kappa shape index (κ3) is 1.85. The SMILES string of the molecule is Nc1n[nH]c(-c2ccccc2F)c1-c1nc2ccccc2[nH]1. The van der Waals surface area contributed by atoms with Crippen molar-refractivity contribution in [2.45, 2.75) is 0 Å². The Kier molecular flexibility index (Phi) is 2.69. The monoisotopic (exact) mass is 293 g/mol. The number of benzene rings is 2. The van der Waals surface area contributed by atoms with Gasteiger partial charge in [0.1, 0.15) is 11.6 Å². The summed E-state index contributed by atoms with van der Waals surface area (Å²) in [5, 5.41) is 6.81. The first kappa shape index (κ1) is 12.6. The Morgan fingerprint density at radius 1 is 1.00 bits per heavy atom. The number of nitrogens with two attached hydrogens (primary N) is 1. The Bertz CT molecular complexity index is 937. The van der Waals surface area contributed by atoms with Crippen molar-refractivity contribution in [3.8, 4) is 22.6 Å². The van der Waals surface area contributed by atoms with Gasteiger partial charge in [0, 0.05) is 5.56 Å². The van der Waals surface area contributed by atoms with Crippen molar-refractivity contribution in [3.63, 3.8) is 0 Å². The summed E-state index contributed by atoms with van der Waals surface area (Å²) >= 11 is 0. The summed E-state index contributed by atoms with van der Waals surface area (Å²) in [5.74, 6) is 0.492. The van der Waals surface area contributed by atoms with Gasteiger partial charge >= 0.3 is 0 Å². The van der Waals surface area contributed by atoms with Crippen LogP contribution in [0.25, 0.3) is 33.7 Å². The van der Waals surface area contributed by atoms with E-state index in [0.717, 1.165) is 11.0 Å². The summed E-state index contributed by atoms with van der Waals surface area (Å²) < 4.78 is 14.1. The second-order valence-corrected chi connectivity index (χ2v) is 4.94. The van der Waals surface area contributed by atoms with Crippen molar-refractivity contribution in [3.05, 3.63) is 54.3 Å². The first-order valence-electron chi connectivity index (χ1n) is 6.78. The van der Waals surface area contributed by atoms with Gasteiger partial charge in [-0.2, -0.15) is 5.10 Å². The van der Waals surface area contributed by atoms with Gasteiger partial charge in [-0.05, 0) is 24.3 Å². The second kappa shape index (κ2) is 4.70. The molecule has 6 heteroatoms. The average Bonchev–Trinajstić information content (AvgIpc) is 3.10. The molecule has 0 spiro atoms. The van der Waals surface area contributed by atoms with Crippen LogP contribution in [0.4, 0.5) is 10.2 Å². The predicted molar refractivity (Wildman–Crippen MR) is 83.5 cm³/mol. The number of nitrogens with one attached hydrogen (secondary N) is 2. The third-order valence-corrected chi connectivity index (χ3v) is 3.56. The van der Waals surface area contributed by atoms with Gasteiger partial charge in [0.15, 0.2) is 5.82 Å². The molecule has 0 radical (unpaired) electrons. The maximum Gasteiger partial charge on any atom is 0.156 e. The topological polar surface area (TPSA) is 83.4 Å². The van der Waals surface area contributed by atoms with Crippen LogP contribution in [0, 0.1) is 5.82 Å². The van der Waals surface area contributed by atoms with Crippen LogP contribution in [-0.2, 0) is 0 Å². The molecule has 0 saturated heterocycles. The molecule has 22 heavy (non-hydrogen) atoms. The highest BCUT2D eigenvalue weighted by atomic mass is 19.1. The van der Waals surface area contributed by atoms with Crippen LogP contribution in [0.2, 0.25) is 0 Å². The number of hydrogen-bond acceptors (Lipinski definition) is 3. The quantitative estimate of drug-likeness (QED) is 0.530. The lowest BCUT2D eigenvalue weighted by atomic mass is 10.1. The highest BCUT2D eigenvalue weighted by molar-refractivity contribution is 5.89. The first-order valence-corrected chi connectivity index (χ1v) is 6.78. The fourth-order valence-corrected chi connectivity index (χ4v) is 2.53.